The van der Waals surface area contributed by atoms with Crippen LogP contribution >= 0.6 is 0 Å². The first-order chi connectivity index (χ1) is 14.2. The fourth-order valence-corrected chi connectivity index (χ4v) is 3.62. The van der Waals surface area contributed by atoms with Gasteiger partial charge in [0.05, 0.1) is 0 Å². The van der Waals surface area contributed by atoms with E-state index >= 15 is 0 Å². The minimum absolute atomic E-state index is 0.240. The molecule has 4 rings (SSSR count). The molecule has 0 saturated carbocycles. The number of aromatic nitrogens is 3. The third-order valence-electron chi connectivity index (χ3n) is 5.28. The second kappa shape index (κ2) is 8.94. The van der Waals surface area contributed by atoms with Crippen LogP contribution < -0.4 is 10.1 Å². The third kappa shape index (κ3) is 4.85. The number of aryl methyl sites for hydroxylation is 4. The second-order valence-corrected chi connectivity index (χ2v) is 7.38. The van der Waals surface area contributed by atoms with Crippen LogP contribution in [0.15, 0.2) is 41.2 Å². The molecule has 0 aliphatic heterocycles. The Morgan fingerprint density at radius 3 is 2.93 bits per heavy atom. The van der Waals surface area contributed by atoms with E-state index in [0.29, 0.717) is 12.3 Å². The lowest BCUT2D eigenvalue weighted by molar-refractivity contribution is 0.0943. The van der Waals surface area contributed by atoms with Crippen molar-refractivity contribution in [1.29, 1.82) is 0 Å². The zero-order valence-electron chi connectivity index (χ0n) is 16.7. The lowest BCUT2D eigenvalue weighted by Crippen LogP contribution is -2.25. The minimum atomic E-state index is -0.240. The van der Waals surface area contributed by atoms with Gasteiger partial charge in [0.2, 0.25) is 0 Å². The van der Waals surface area contributed by atoms with Crippen LogP contribution in [0.25, 0.3) is 0 Å². The number of rotatable bonds is 8. The van der Waals surface area contributed by atoms with E-state index in [1.807, 2.05) is 19.2 Å². The number of imidazole rings is 1. The number of nitrogens with one attached hydrogen (secondary N) is 1. The maximum absolute atomic E-state index is 12.2. The summed E-state index contributed by atoms with van der Waals surface area (Å²) in [5, 5.41) is 6.73. The SMILES string of the molecule is Cc1nccn1CCCNC(=O)c1cc(COc2ccc3c(c2)CCCC3)on1. The molecular formula is C22H26N4O3. The number of benzene rings is 1. The molecule has 0 atom stereocenters. The topological polar surface area (TPSA) is 82.2 Å². The Morgan fingerprint density at radius 1 is 1.24 bits per heavy atom. The van der Waals surface area contributed by atoms with E-state index in [-0.39, 0.29) is 18.2 Å². The van der Waals surface area contributed by atoms with Crippen molar-refractivity contribution < 1.29 is 14.1 Å². The highest BCUT2D eigenvalue weighted by Crippen LogP contribution is 2.25. The summed E-state index contributed by atoms with van der Waals surface area (Å²) in [4.78, 5) is 16.4. The average molecular weight is 394 g/mol. The van der Waals surface area contributed by atoms with Gasteiger partial charge in [0, 0.05) is 31.5 Å². The van der Waals surface area contributed by atoms with Gasteiger partial charge in [0.25, 0.3) is 5.91 Å². The number of fused-ring (bicyclic) bond motifs is 1. The van der Waals surface area contributed by atoms with Crippen molar-refractivity contribution in [3.8, 4) is 5.75 Å². The summed E-state index contributed by atoms with van der Waals surface area (Å²) in [7, 11) is 0. The van der Waals surface area contributed by atoms with Gasteiger partial charge in [-0.3, -0.25) is 4.79 Å². The number of hydrogen-bond acceptors (Lipinski definition) is 5. The van der Waals surface area contributed by atoms with Crippen LogP contribution in [0.2, 0.25) is 0 Å². The molecule has 2 aromatic heterocycles. The molecule has 1 aliphatic rings. The Hall–Kier alpha value is -3.09. The number of carbonyl (C=O) groups is 1. The van der Waals surface area contributed by atoms with E-state index < -0.39 is 0 Å². The molecule has 0 unspecified atom stereocenters. The van der Waals surface area contributed by atoms with E-state index in [4.69, 9.17) is 9.26 Å². The number of ether oxygens (including phenoxy) is 1. The van der Waals surface area contributed by atoms with Gasteiger partial charge in [-0.15, -0.1) is 0 Å². The summed E-state index contributed by atoms with van der Waals surface area (Å²) in [5.74, 6) is 2.08. The number of nitrogens with zero attached hydrogens (tertiary/aromatic N) is 3. The van der Waals surface area contributed by atoms with Crippen molar-refractivity contribution >= 4 is 5.91 Å². The van der Waals surface area contributed by atoms with Crippen LogP contribution in [0, 0.1) is 6.92 Å². The lowest BCUT2D eigenvalue weighted by Gasteiger charge is -2.16. The Labute approximate surface area is 170 Å². The fraction of sp³-hybridized carbons (Fsp3) is 0.409. The van der Waals surface area contributed by atoms with Crippen LogP contribution in [0.1, 0.15) is 52.5 Å². The Balaban J connectivity index is 1.23. The Morgan fingerprint density at radius 2 is 2.10 bits per heavy atom. The molecule has 0 fully saturated rings. The molecule has 0 saturated heterocycles. The van der Waals surface area contributed by atoms with E-state index in [2.05, 4.69) is 32.2 Å². The van der Waals surface area contributed by atoms with Gasteiger partial charge in [-0.25, -0.2) is 4.98 Å². The smallest absolute Gasteiger partial charge is 0.273 e. The van der Waals surface area contributed by atoms with Crippen LogP contribution in [0.4, 0.5) is 0 Å². The lowest BCUT2D eigenvalue weighted by atomic mass is 9.92. The first kappa shape index (κ1) is 19.2. The van der Waals surface area contributed by atoms with Gasteiger partial charge in [-0.05, 0) is 62.3 Å². The third-order valence-corrected chi connectivity index (χ3v) is 5.28. The quantitative estimate of drug-likeness (QED) is 0.592. The van der Waals surface area contributed by atoms with Crippen molar-refractivity contribution in [3.63, 3.8) is 0 Å². The van der Waals surface area contributed by atoms with Crippen LogP contribution in [-0.2, 0) is 26.0 Å². The molecule has 0 bridgehead atoms. The standard InChI is InChI=1S/C22H26N4O3/c1-16-23-10-12-26(16)11-4-9-24-22(27)21-14-20(29-25-21)15-28-19-8-7-17-5-2-3-6-18(17)13-19/h7-8,10,12-14H,2-6,9,11,15H2,1H3,(H,24,27). The minimum Gasteiger partial charge on any atom is -0.486 e. The number of carbonyl (C=O) groups excluding carboxylic acids is 1. The van der Waals surface area contributed by atoms with Crippen LogP contribution in [0.3, 0.4) is 0 Å². The van der Waals surface area contributed by atoms with Gasteiger partial charge in [0.1, 0.15) is 18.2 Å². The van der Waals surface area contributed by atoms with E-state index in [0.717, 1.165) is 37.4 Å². The highest BCUT2D eigenvalue weighted by Gasteiger charge is 2.14. The van der Waals surface area contributed by atoms with Gasteiger partial charge in [-0.2, -0.15) is 0 Å². The molecule has 0 spiro atoms. The molecule has 1 N–H and O–H groups in total. The maximum atomic E-state index is 12.2. The summed E-state index contributed by atoms with van der Waals surface area (Å²) in [5.41, 5.74) is 3.07. The highest BCUT2D eigenvalue weighted by atomic mass is 16.5. The van der Waals surface area contributed by atoms with Crippen molar-refractivity contribution in [3.05, 3.63) is 65.1 Å². The Bertz CT molecular complexity index is 976. The summed E-state index contributed by atoms with van der Waals surface area (Å²) in [6.07, 6.45) is 9.28. The molecule has 7 heteroatoms. The zero-order chi connectivity index (χ0) is 20.1. The van der Waals surface area contributed by atoms with Gasteiger partial charge >= 0.3 is 0 Å². The highest BCUT2D eigenvalue weighted by molar-refractivity contribution is 5.92. The van der Waals surface area contributed by atoms with Crippen molar-refractivity contribution in [2.24, 2.45) is 0 Å². The Kier molecular flexibility index (Phi) is 5.93. The predicted molar refractivity (Wildman–Crippen MR) is 108 cm³/mol. The maximum Gasteiger partial charge on any atom is 0.273 e. The number of hydrogen-bond donors (Lipinski definition) is 1. The summed E-state index contributed by atoms with van der Waals surface area (Å²) in [6.45, 7) is 3.58. The molecule has 7 nitrogen and oxygen atoms in total. The second-order valence-electron chi connectivity index (χ2n) is 7.38. The number of amides is 1. The first-order valence-corrected chi connectivity index (χ1v) is 10.1. The van der Waals surface area contributed by atoms with Crippen LogP contribution in [-0.4, -0.2) is 27.2 Å². The largest absolute Gasteiger partial charge is 0.486 e. The van der Waals surface area contributed by atoms with Crippen molar-refractivity contribution in [2.75, 3.05) is 6.54 Å². The van der Waals surface area contributed by atoms with E-state index in [9.17, 15) is 4.79 Å². The summed E-state index contributed by atoms with van der Waals surface area (Å²) >= 11 is 0. The molecular weight excluding hydrogens is 368 g/mol. The molecule has 0 radical (unpaired) electrons. The molecule has 1 aliphatic carbocycles. The molecule has 2 heterocycles. The first-order valence-electron chi connectivity index (χ1n) is 10.1. The zero-order valence-corrected chi connectivity index (χ0v) is 16.7. The molecule has 152 valence electrons. The van der Waals surface area contributed by atoms with E-state index in [1.165, 1.54) is 24.0 Å². The van der Waals surface area contributed by atoms with Gasteiger partial charge in [0.15, 0.2) is 11.5 Å². The predicted octanol–water partition coefficient (Wildman–Crippen LogP) is 3.46. The fourth-order valence-electron chi connectivity index (χ4n) is 3.62. The molecule has 1 aromatic carbocycles. The molecule has 29 heavy (non-hydrogen) atoms. The average Bonchev–Trinajstić information content (AvgIpc) is 3.38. The van der Waals surface area contributed by atoms with Gasteiger partial charge in [-0.1, -0.05) is 11.2 Å². The molecule has 1 amide bonds. The van der Waals surface area contributed by atoms with Crippen molar-refractivity contribution in [2.45, 2.75) is 52.2 Å². The van der Waals surface area contributed by atoms with Crippen molar-refractivity contribution in [1.82, 2.24) is 20.0 Å². The van der Waals surface area contributed by atoms with E-state index in [1.54, 1.807) is 12.3 Å². The van der Waals surface area contributed by atoms with Gasteiger partial charge < -0.3 is 19.1 Å². The van der Waals surface area contributed by atoms with Crippen LogP contribution in [0.5, 0.6) is 5.75 Å². The summed E-state index contributed by atoms with van der Waals surface area (Å²) < 4.78 is 13.1. The summed E-state index contributed by atoms with van der Waals surface area (Å²) in [6, 6.07) is 7.89. The normalized spacial score (nSPS) is 13.1. The molecule has 3 aromatic rings. The monoisotopic (exact) mass is 394 g/mol.